The van der Waals surface area contributed by atoms with E-state index in [2.05, 4.69) is 21.9 Å². The van der Waals surface area contributed by atoms with E-state index in [1.165, 1.54) is 24.9 Å². The van der Waals surface area contributed by atoms with E-state index in [1.807, 2.05) is 12.1 Å². The Morgan fingerprint density at radius 1 is 1.07 bits per heavy atom. The summed E-state index contributed by atoms with van der Waals surface area (Å²) in [4.78, 5) is 17.5. The van der Waals surface area contributed by atoms with Crippen LogP contribution in [0.25, 0.3) is 0 Å². The highest BCUT2D eigenvalue weighted by molar-refractivity contribution is 5.85. The number of nitrogens with zero attached hydrogens (tertiary/aromatic N) is 2. The molecule has 5 nitrogen and oxygen atoms in total. The summed E-state index contributed by atoms with van der Waals surface area (Å²) in [5.41, 5.74) is 7.57. The maximum absolute atomic E-state index is 13.1. The van der Waals surface area contributed by atoms with Crippen molar-refractivity contribution in [2.45, 2.75) is 38.1 Å². The number of carbonyl (C=O) groups excluding carboxylic acids is 1. The van der Waals surface area contributed by atoms with Gasteiger partial charge in [0.15, 0.2) is 0 Å². The van der Waals surface area contributed by atoms with Gasteiger partial charge in [-0.1, -0.05) is 12.5 Å². The molecule has 2 bridgehead atoms. The maximum Gasteiger partial charge on any atom is 0.225 e. The molecule has 1 saturated heterocycles. The summed E-state index contributed by atoms with van der Waals surface area (Å²) in [7, 11) is 1.70. The largest absolute Gasteiger partial charge is 0.497 e. The number of halogens is 2. The SMILES string of the molecule is COc1cccc(N2CCN(C(=O)C3CC4CCCC(C3)C4N)CC2)c1.Cl.Cl. The van der Waals surface area contributed by atoms with Gasteiger partial charge in [0.1, 0.15) is 5.75 Å². The molecule has 3 fully saturated rings. The number of benzene rings is 1. The lowest BCUT2D eigenvalue weighted by atomic mass is 9.65. The summed E-state index contributed by atoms with van der Waals surface area (Å²) >= 11 is 0. The Hall–Kier alpha value is -1.17. The molecule has 4 rings (SSSR count). The molecule has 1 heterocycles. The van der Waals surface area contributed by atoms with Crippen molar-refractivity contribution in [3.8, 4) is 5.75 Å². The second-order valence-corrected chi connectivity index (χ2v) is 8.21. The molecule has 2 saturated carbocycles. The molecule has 2 N–H and O–H groups in total. The Morgan fingerprint density at radius 2 is 1.71 bits per heavy atom. The molecule has 1 aromatic rings. The number of anilines is 1. The van der Waals surface area contributed by atoms with Crippen molar-refractivity contribution >= 4 is 36.4 Å². The Kier molecular flexibility index (Phi) is 8.29. The lowest BCUT2D eigenvalue weighted by Crippen LogP contribution is -2.53. The third kappa shape index (κ3) is 4.69. The van der Waals surface area contributed by atoms with Crippen LogP contribution in [0.3, 0.4) is 0 Å². The van der Waals surface area contributed by atoms with Crippen LogP contribution in [0.4, 0.5) is 5.69 Å². The van der Waals surface area contributed by atoms with Gasteiger partial charge in [-0.05, 0) is 49.7 Å². The lowest BCUT2D eigenvalue weighted by Gasteiger charge is -2.45. The number of piperazine rings is 1. The van der Waals surface area contributed by atoms with Crippen LogP contribution >= 0.6 is 24.8 Å². The molecule has 1 aromatic carbocycles. The van der Waals surface area contributed by atoms with Gasteiger partial charge in [0.2, 0.25) is 5.91 Å². The summed E-state index contributed by atoms with van der Waals surface area (Å²) in [5, 5.41) is 0. The Balaban J connectivity index is 0.00000140. The van der Waals surface area contributed by atoms with Gasteiger partial charge in [-0.25, -0.2) is 0 Å². The number of hydrogen-bond donors (Lipinski definition) is 1. The minimum absolute atomic E-state index is 0. The van der Waals surface area contributed by atoms with Crippen molar-refractivity contribution in [1.29, 1.82) is 0 Å². The number of methoxy groups -OCH3 is 1. The zero-order valence-corrected chi connectivity index (χ0v) is 18.2. The highest BCUT2D eigenvalue weighted by Crippen LogP contribution is 2.42. The summed E-state index contributed by atoms with van der Waals surface area (Å²) in [6.07, 6.45) is 5.73. The van der Waals surface area contributed by atoms with E-state index >= 15 is 0 Å². The molecule has 7 heteroatoms. The fraction of sp³-hybridized carbons (Fsp3) is 0.667. The summed E-state index contributed by atoms with van der Waals surface area (Å²) in [6.45, 7) is 3.40. The van der Waals surface area contributed by atoms with Crippen LogP contribution in [0.5, 0.6) is 5.75 Å². The first-order valence-corrected chi connectivity index (χ1v) is 10.1. The van der Waals surface area contributed by atoms with E-state index in [0.717, 1.165) is 44.8 Å². The topological polar surface area (TPSA) is 58.8 Å². The standard InChI is InChI=1S/C21H31N3O2.2ClH/c1-26-19-7-3-6-18(14-19)23-8-10-24(11-9-23)21(25)17-12-15-4-2-5-16(13-17)20(15)22;;/h3,6-7,14-17,20H,2,4-5,8-13,22H2,1H3;2*1H. The predicted octanol–water partition coefficient (Wildman–Crippen LogP) is 3.34. The first-order valence-electron chi connectivity index (χ1n) is 10.1. The number of nitrogens with two attached hydrogens (primary N) is 1. The molecule has 1 amide bonds. The number of carbonyl (C=O) groups is 1. The minimum Gasteiger partial charge on any atom is -0.497 e. The van der Waals surface area contributed by atoms with Gasteiger partial charge in [0, 0.05) is 49.9 Å². The van der Waals surface area contributed by atoms with Gasteiger partial charge < -0.3 is 20.3 Å². The third-order valence-electron chi connectivity index (χ3n) is 6.77. The van der Waals surface area contributed by atoms with Gasteiger partial charge in [-0.15, -0.1) is 24.8 Å². The molecule has 2 atom stereocenters. The van der Waals surface area contributed by atoms with Crippen LogP contribution in [0.1, 0.15) is 32.1 Å². The number of hydrogen-bond acceptors (Lipinski definition) is 4. The lowest BCUT2D eigenvalue weighted by molar-refractivity contribution is -0.138. The molecule has 2 aliphatic carbocycles. The van der Waals surface area contributed by atoms with Crippen LogP contribution in [0, 0.1) is 17.8 Å². The second-order valence-electron chi connectivity index (χ2n) is 8.21. The molecular weight excluding hydrogens is 397 g/mol. The van der Waals surface area contributed by atoms with E-state index in [9.17, 15) is 4.79 Å². The minimum atomic E-state index is 0. The van der Waals surface area contributed by atoms with Crippen LogP contribution in [-0.4, -0.2) is 50.1 Å². The fourth-order valence-electron chi connectivity index (χ4n) is 5.24. The van der Waals surface area contributed by atoms with Crippen molar-refractivity contribution in [3.63, 3.8) is 0 Å². The molecule has 2 unspecified atom stereocenters. The van der Waals surface area contributed by atoms with E-state index in [0.29, 0.717) is 23.8 Å². The zero-order valence-electron chi connectivity index (χ0n) is 16.6. The van der Waals surface area contributed by atoms with Gasteiger partial charge in [0.25, 0.3) is 0 Å². The van der Waals surface area contributed by atoms with Crippen molar-refractivity contribution in [2.24, 2.45) is 23.5 Å². The van der Waals surface area contributed by atoms with Crippen LogP contribution in [-0.2, 0) is 4.79 Å². The van der Waals surface area contributed by atoms with Gasteiger partial charge >= 0.3 is 0 Å². The molecule has 28 heavy (non-hydrogen) atoms. The Morgan fingerprint density at radius 3 is 2.32 bits per heavy atom. The van der Waals surface area contributed by atoms with Gasteiger partial charge in [0.05, 0.1) is 7.11 Å². The Labute approximate surface area is 180 Å². The van der Waals surface area contributed by atoms with Crippen molar-refractivity contribution in [3.05, 3.63) is 24.3 Å². The highest BCUT2D eigenvalue weighted by Gasteiger charge is 2.41. The molecule has 1 aliphatic heterocycles. The van der Waals surface area contributed by atoms with Crippen LogP contribution in [0.2, 0.25) is 0 Å². The molecule has 3 aliphatic rings. The van der Waals surface area contributed by atoms with E-state index in [-0.39, 0.29) is 30.7 Å². The van der Waals surface area contributed by atoms with Crippen molar-refractivity contribution in [2.75, 3.05) is 38.2 Å². The van der Waals surface area contributed by atoms with Crippen molar-refractivity contribution in [1.82, 2.24) is 4.90 Å². The summed E-state index contributed by atoms with van der Waals surface area (Å²) < 4.78 is 5.33. The van der Waals surface area contributed by atoms with E-state index in [1.54, 1.807) is 7.11 Å². The van der Waals surface area contributed by atoms with E-state index in [4.69, 9.17) is 10.5 Å². The second kappa shape index (κ2) is 10.0. The number of fused-ring (bicyclic) bond motifs is 2. The first kappa shape index (κ1) is 23.1. The normalized spacial score (nSPS) is 29.4. The first-order chi connectivity index (χ1) is 12.7. The fourth-order valence-corrected chi connectivity index (χ4v) is 5.24. The quantitative estimate of drug-likeness (QED) is 0.799. The number of rotatable bonds is 3. The summed E-state index contributed by atoms with van der Waals surface area (Å²) in [5.74, 6) is 2.59. The zero-order chi connectivity index (χ0) is 18.1. The van der Waals surface area contributed by atoms with E-state index < -0.39 is 0 Å². The van der Waals surface area contributed by atoms with Gasteiger partial charge in [-0.3, -0.25) is 4.79 Å². The van der Waals surface area contributed by atoms with Crippen LogP contribution < -0.4 is 15.4 Å². The van der Waals surface area contributed by atoms with Crippen molar-refractivity contribution < 1.29 is 9.53 Å². The van der Waals surface area contributed by atoms with Crippen LogP contribution in [0.15, 0.2) is 24.3 Å². The monoisotopic (exact) mass is 429 g/mol. The average molecular weight is 430 g/mol. The number of ether oxygens (including phenoxy) is 1. The molecule has 158 valence electrons. The molecular formula is C21H33Cl2N3O2. The maximum atomic E-state index is 13.1. The molecule has 0 radical (unpaired) electrons. The van der Waals surface area contributed by atoms with Gasteiger partial charge in [-0.2, -0.15) is 0 Å². The summed E-state index contributed by atoms with van der Waals surface area (Å²) in [6, 6.07) is 8.51. The Bertz CT molecular complexity index is 638. The molecule has 0 spiro atoms. The third-order valence-corrected chi connectivity index (χ3v) is 6.77. The average Bonchev–Trinajstić information content (AvgIpc) is 2.67. The molecule has 0 aromatic heterocycles. The predicted molar refractivity (Wildman–Crippen MR) is 118 cm³/mol. The highest BCUT2D eigenvalue weighted by atomic mass is 35.5. The number of amides is 1. The smallest absolute Gasteiger partial charge is 0.225 e.